The van der Waals surface area contributed by atoms with Crippen LogP contribution in [0.2, 0.25) is 0 Å². The molecule has 0 fully saturated rings. The molecule has 0 radical (unpaired) electrons. The molecule has 2 N–H and O–H groups in total. The van der Waals surface area contributed by atoms with Gasteiger partial charge in [-0.2, -0.15) is 0 Å². The lowest BCUT2D eigenvalue weighted by molar-refractivity contribution is 0.118. The zero-order chi connectivity index (χ0) is 11.4. The topological polar surface area (TPSA) is 53.7 Å². The number of rotatable bonds is 4. The molecule has 1 aromatic rings. The van der Waals surface area contributed by atoms with Crippen LogP contribution in [-0.2, 0) is 11.4 Å². The van der Waals surface area contributed by atoms with Gasteiger partial charge in [-0.1, -0.05) is 0 Å². The molecule has 15 heavy (non-hydrogen) atoms. The monoisotopic (exact) mass is 219 g/mol. The Balaban J connectivity index is 3.36. The Kier molecular flexibility index (Phi) is 3.81. The zero-order valence-electron chi connectivity index (χ0n) is 8.34. The van der Waals surface area contributed by atoms with Crippen LogP contribution in [-0.4, -0.2) is 14.2 Å². The molecule has 1 rings (SSSR count). The van der Waals surface area contributed by atoms with Gasteiger partial charge in [-0.25, -0.2) is 14.7 Å². The number of hydrogen-bond donors (Lipinski definition) is 1. The summed E-state index contributed by atoms with van der Waals surface area (Å²) < 4.78 is 36.0. The van der Waals surface area contributed by atoms with Crippen molar-refractivity contribution < 1.29 is 23.1 Å². The van der Waals surface area contributed by atoms with Crippen LogP contribution in [0.3, 0.4) is 0 Å². The van der Waals surface area contributed by atoms with E-state index in [0.29, 0.717) is 6.07 Å². The maximum atomic E-state index is 13.2. The number of benzene rings is 1. The Bertz CT molecular complexity index is 329. The lowest BCUT2D eigenvalue weighted by Crippen LogP contribution is -2.06. The molecule has 0 amide bonds. The molecule has 0 atom stereocenters. The molecule has 0 aromatic heterocycles. The summed E-state index contributed by atoms with van der Waals surface area (Å²) in [6, 6.07) is 0.678. The van der Waals surface area contributed by atoms with Crippen molar-refractivity contribution in [2.75, 3.05) is 14.2 Å². The van der Waals surface area contributed by atoms with Crippen LogP contribution in [0, 0.1) is 11.6 Å². The van der Waals surface area contributed by atoms with E-state index in [9.17, 15) is 8.78 Å². The molecule has 0 saturated heterocycles. The summed E-state index contributed by atoms with van der Waals surface area (Å²) in [4.78, 5) is 4.33. The molecule has 4 nitrogen and oxygen atoms in total. The molecule has 84 valence electrons. The van der Waals surface area contributed by atoms with Gasteiger partial charge in [-0.3, -0.25) is 4.84 Å². The first kappa shape index (κ1) is 11.7. The van der Waals surface area contributed by atoms with E-state index in [4.69, 9.17) is 15.4 Å². The van der Waals surface area contributed by atoms with Crippen molar-refractivity contribution in [2.24, 2.45) is 5.90 Å². The molecule has 1 aromatic carbocycles. The van der Waals surface area contributed by atoms with E-state index in [0.717, 1.165) is 0 Å². The summed E-state index contributed by atoms with van der Waals surface area (Å²) in [7, 11) is 2.52. The van der Waals surface area contributed by atoms with Gasteiger partial charge in [0.15, 0.2) is 23.1 Å². The minimum atomic E-state index is -0.831. The van der Waals surface area contributed by atoms with Gasteiger partial charge in [0.2, 0.25) is 0 Å². The molecule has 0 spiro atoms. The Morgan fingerprint density at radius 2 is 1.60 bits per heavy atom. The number of hydrogen-bond acceptors (Lipinski definition) is 4. The van der Waals surface area contributed by atoms with Gasteiger partial charge in [0.05, 0.1) is 19.8 Å². The lowest BCUT2D eigenvalue weighted by atomic mass is 10.1. The highest BCUT2D eigenvalue weighted by atomic mass is 19.1. The molecule has 6 heteroatoms. The van der Waals surface area contributed by atoms with Gasteiger partial charge < -0.3 is 9.47 Å². The van der Waals surface area contributed by atoms with Crippen LogP contribution in [0.15, 0.2) is 6.07 Å². The van der Waals surface area contributed by atoms with Crippen LogP contribution in [0.4, 0.5) is 8.78 Å². The number of nitrogens with two attached hydrogens (primary N) is 1. The predicted molar refractivity (Wildman–Crippen MR) is 48.4 cm³/mol. The van der Waals surface area contributed by atoms with E-state index in [1.807, 2.05) is 0 Å². The second-order valence-electron chi connectivity index (χ2n) is 2.70. The zero-order valence-corrected chi connectivity index (χ0v) is 8.34. The molecular formula is C9H11F2NO3. The minimum Gasteiger partial charge on any atom is -0.493 e. The number of ether oxygens (including phenoxy) is 2. The summed E-state index contributed by atoms with van der Waals surface area (Å²) in [5.74, 6) is 2.91. The number of halogens is 2. The minimum absolute atomic E-state index is 0.0972. The molecule has 0 saturated carbocycles. The maximum Gasteiger partial charge on any atom is 0.168 e. The van der Waals surface area contributed by atoms with Crippen molar-refractivity contribution in [3.05, 3.63) is 23.3 Å². The van der Waals surface area contributed by atoms with Crippen molar-refractivity contribution in [3.63, 3.8) is 0 Å². The Hall–Kier alpha value is -1.40. The van der Waals surface area contributed by atoms with E-state index < -0.39 is 11.6 Å². The average molecular weight is 219 g/mol. The van der Waals surface area contributed by atoms with Crippen LogP contribution in [0.5, 0.6) is 11.5 Å². The van der Waals surface area contributed by atoms with Crippen molar-refractivity contribution in [3.8, 4) is 11.5 Å². The van der Waals surface area contributed by atoms with Crippen molar-refractivity contribution in [1.29, 1.82) is 0 Å². The van der Waals surface area contributed by atoms with Gasteiger partial charge in [-0.05, 0) is 0 Å². The molecule has 0 aliphatic rings. The SMILES string of the molecule is COc1c(F)cc(F)c(OC)c1CON. The standard InChI is InChI=1S/C9H11F2NO3/c1-13-8-5(4-15-12)9(14-2)7(11)3-6(8)10/h3H,4,12H2,1-2H3. The smallest absolute Gasteiger partial charge is 0.168 e. The largest absolute Gasteiger partial charge is 0.493 e. The predicted octanol–water partition coefficient (Wildman–Crippen LogP) is 1.37. The quantitative estimate of drug-likeness (QED) is 0.777. The first-order valence-corrected chi connectivity index (χ1v) is 4.06. The Labute approximate surface area is 85.5 Å². The summed E-state index contributed by atoms with van der Waals surface area (Å²) in [5.41, 5.74) is 0.0972. The fraction of sp³-hybridized carbons (Fsp3) is 0.333. The third kappa shape index (κ3) is 2.16. The normalized spacial score (nSPS) is 10.2. The van der Waals surface area contributed by atoms with Crippen LogP contribution in [0.1, 0.15) is 5.56 Å². The van der Waals surface area contributed by atoms with E-state index in [1.165, 1.54) is 14.2 Å². The van der Waals surface area contributed by atoms with Gasteiger partial charge >= 0.3 is 0 Å². The van der Waals surface area contributed by atoms with E-state index in [1.54, 1.807) is 0 Å². The summed E-state index contributed by atoms with van der Waals surface area (Å²) in [5, 5.41) is 0. The molecule has 0 aliphatic heterocycles. The third-order valence-corrected chi connectivity index (χ3v) is 1.87. The van der Waals surface area contributed by atoms with Gasteiger partial charge in [0, 0.05) is 6.07 Å². The summed E-state index contributed by atoms with van der Waals surface area (Å²) in [6.07, 6.45) is 0. The summed E-state index contributed by atoms with van der Waals surface area (Å²) in [6.45, 7) is -0.207. The van der Waals surface area contributed by atoms with E-state index in [2.05, 4.69) is 4.84 Å². The molecule has 0 unspecified atom stereocenters. The second-order valence-corrected chi connectivity index (χ2v) is 2.70. The highest BCUT2D eigenvalue weighted by molar-refractivity contribution is 5.46. The van der Waals surface area contributed by atoms with Crippen LogP contribution >= 0.6 is 0 Å². The Morgan fingerprint density at radius 1 is 1.13 bits per heavy atom. The van der Waals surface area contributed by atoms with Gasteiger partial charge in [0.25, 0.3) is 0 Å². The fourth-order valence-electron chi connectivity index (χ4n) is 1.29. The fourth-order valence-corrected chi connectivity index (χ4v) is 1.29. The second kappa shape index (κ2) is 4.90. The van der Waals surface area contributed by atoms with Crippen molar-refractivity contribution in [1.82, 2.24) is 0 Å². The first-order valence-electron chi connectivity index (χ1n) is 4.06. The maximum absolute atomic E-state index is 13.2. The number of methoxy groups -OCH3 is 2. The van der Waals surface area contributed by atoms with Crippen molar-refractivity contribution >= 4 is 0 Å². The van der Waals surface area contributed by atoms with E-state index in [-0.39, 0.29) is 23.7 Å². The van der Waals surface area contributed by atoms with Crippen LogP contribution < -0.4 is 15.4 Å². The summed E-state index contributed by atoms with van der Waals surface area (Å²) >= 11 is 0. The molecule has 0 heterocycles. The van der Waals surface area contributed by atoms with E-state index >= 15 is 0 Å². The van der Waals surface area contributed by atoms with Crippen LogP contribution in [0.25, 0.3) is 0 Å². The van der Waals surface area contributed by atoms with Crippen molar-refractivity contribution in [2.45, 2.75) is 6.61 Å². The Morgan fingerprint density at radius 3 is 1.93 bits per heavy atom. The highest BCUT2D eigenvalue weighted by Crippen LogP contribution is 2.34. The van der Waals surface area contributed by atoms with Gasteiger partial charge in [-0.15, -0.1) is 0 Å². The first-order chi connectivity index (χ1) is 7.15. The lowest BCUT2D eigenvalue weighted by Gasteiger charge is -2.13. The molecule has 0 aliphatic carbocycles. The highest BCUT2D eigenvalue weighted by Gasteiger charge is 2.19. The third-order valence-electron chi connectivity index (χ3n) is 1.87. The molecular weight excluding hydrogens is 208 g/mol. The molecule has 0 bridgehead atoms. The van der Waals surface area contributed by atoms with Gasteiger partial charge in [0.1, 0.15) is 6.61 Å². The average Bonchev–Trinajstić information content (AvgIpc) is 2.18.